The maximum atomic E-state index is 13.3. The Morgan fingerprint density at radius 1 is 1.11 bits per heavy atom. The molecule has 0 bridgehead atoms. The van der Waals surface area contributed by atoms with Gasteiger partial charge < -0.3 is 26.3 Å². The number of aliphatic carboxylic acids is 2. The minimum absolute atomic E-state index is 0.154. The van der Waals surface area contributed by atoms with Crippen molar-refractivity contribution in [1.29, 1.82) is 0 Å². The molecule has 0 aliphatic carbocycles. The van der Waals surface area contributed by atoms with E-state index in [0.717, 1.165) is 5.56 Å². The molecule has 12 nitrogen and oxygen atoms in total. The van der Waals surface area contributed by atoms with Gasteiger partial charge in [0.2, 0.25) is 11.9 Å². The van der Waals surface area contributed by atoms with Gasteiger partial charge in [0.15, 0.2) is 0 Å². The standard InChI is InChI=1S/C23H33N7O5/c24-23-25-15-30(28-23)26-13-5-4-9-17(20(31)29-14-6-10-19(29)22(34)35)27-18(21(32)33)12-11-16-7-2-1-3-8-16/h1-3,7-8,15,17-19,26-27H,4-6,9-14H2,(H2,24,28)(H,32,33)(H,34,35)/t17-,18-,19-/m0/s1. The van der Waals surface area contributed by atoms with Gasteiger partial charge in [0.05, 0.1) is 6.04 Å². The van der Waals surface area contributed by atoms with Crippen molar-refractivity contribution in [3.8, 4) is 0 Å². The van der Waals surface area contributed by atoms with Crippen molar-refractivity contribution >= 4 is 23.8 Å². The fourth-order valence-corrected chi connectivity index (χ4v) is 4.26. The number of nitrogens with two attached hydrogens (primary N) is 1. The highest BCUT2D eigenvalue weighted by Gasteiger charge is 2.38. The van der Waals surface area contributed by atoms with Crippen LogP contribution in [0, 0.1) is 0 Å². The first-order valence-corrected chi connectivity index (χ1v) is 11.8. The molecular weight excluding hydrogens is 454 g/mol. The van der Waals surface area contributed by atoms with Gasteiger partial charge in [0.1, 0.15) is 18.4 Å². The Labute approximate surface area is 203 Å². The Hall–Kier alpha value is -3.67. The molecule has 0 saturated carbocycles. The molecule has 1 fully saturated rings. The van der Waals surface area contributed by atoms with Gasteiger partial charge in [-0.05, 0) is 50.5 Å². The zero-order valence-corrected chi connectivity index (χ0v) is 19.5. The van der Waals surface area contributed by atoms with Gasteiger partial charge in [-0.2, -0.15) is 9.77 Å². The molecule has 1 aliphatic rings. The topological polar surface area (TPSA) is 176 Å². The summed E-state index contributed by atoms with van der Waals surface area (Å²) in [7, 11) is 0. The number of nitrogens with one attached hydrogen (secondary N) is 2. The van der Waals surface area contributed by atoms with E-state index in [4.69, 9.17) is 5.73 Å². The van der Waals surface area contributed by atoms with Crippen molar-refractivity contribution in [1.82, 2.24) is 25.1 Å². The summed E-state index contributed by atoms with van der Waals surface area (Å²) in [5.74, 6) is -2.29. The van der Waals surface area contributed by atoms with Gasteiger partial charge in [0.25, 0.3) is 0 Å². The van der Waals surface area contributed by atoms with Crippen molar-refractivity contribution < 1.29 is 24.6 Å². The molecule has 0 unspecified atom stereocenters. The molecule has 1 aliphatic heterocycles. The van der Waals surface area contributed by atoms with Crippen molar-refractivity contribution in [3.63, 3.8) is 0 Å². The van der Waals surface area contributed by atoms with Crippen LogP contribution >= 0.6 is 0 Å². The number of anilines is 1. The second kappa shape index (κ2) is 12.7. The lowest BCUT2D eigenvalue weighted by Gasteiger charge is -2.29. The normalized spacial score (nSPS) is 17.1. The first-order valence-electron chi connectivity index (χ1n) is 11.8. The van der Waals surface area contributed by atoms with Crippen molar-refractivity contribution in [2.45, 2.75) is 63.1 Å². The van der Waals surface area contributed by atoms with E-state index in [0.29, 0.717) is 58.0 Å². The number of aromatic nitrogens is 3. The molecule has 2 heterocycles. The second-order valence-electron chi connectivity index (χ2n) is 8.61. The molecule has 1 saturated heterocycles. The van der Waals surface area contributed by atoms with E-state index >= 15 is 0 Å². The van der Waals surface area contributed by atoms with Crippen LogP contribution in [0.5, 0.6) is 0 Å². The smallest absolute Gasteiger partial charge is 0.326 e. The monoisotopic (exact) mass is 487 g/mol. The number of hydrogen-bond acceptors (Lipinski definition) is 8. The number of unbranched alkanes of at least 4 members (excludes halogenated alkanes) is 1. The van der Waals surface area contributed by atoms with E-state index in [9.17, 15) is 24.6 Å². The maximum absolute atomic E-state index is 13.3. The van der Waals surface area contributed by atoms with Crippen molar-refractivity contribution in [2.24, 2.45) is 0 Å². The number of amides is 1. The molecule has 0 spiro atoms. The van der Waals surface area contributed by atoms with Crippen LogP contribution in [0.4, 0.5) is 5.95 Å². The number of carboxylic acids is 2. The summed E-state index contributed by atoms with van der Waals surface area (Å²) in [5, 5.41) is 26.3. The van der Waals surface area contributed by atoms with E-state index in [1.807, 2.05) is 30.3 Å². The number of carbonyl (C=O) groups excluding carboxylic acids is 1. The summed E-state index contributed by atoms with van der Waals surface area (Å²) in [6.07, 6.45) is 4.96. The number of likely N-dealkylation sites (tertiary alicyclic amines) is 1. The number of carbonyl (C=O) groups is 3. The Kier molecular flexibility index (Phi) is 9.41. The van der Waals surface area contributed by atoms with E-state index < -0.39 is 30.1 Å². The molecule has 3 rings (SSSR count). The fourth-order valence-electron chi connectivity index (χ4n) is 4.26. The number of hydrogen-bond donors (Lipinski definition) is 5. The van der Waals surface area contributed by atoms with Crippen LogP contribution in [0.25, 0.3) is 0 Å². The fraction of sp³-hybridized carbons (Fsp3) is 0.522. The van der Waals surface area contributed by atoms with Gasteiger partial charge in [0, 0.05) is 13.1 Å². The highest BCUT2D eigenvalue weighted by atomic mass is 16.4. The van der Waals surface area contributed by atoms with E-state index in [1.165, 1.54) is 16.0 Å². The molecular formula is C23H33N7O5. The first kappa shape index (κ1) is 25.9. The minimum Gasteiger partial charge on any atom is -0.480 e. The molecule has 190 valence electrons. The molecule has 1 aromatic heterocycles. The van der Waals surface area contributed by atoms with E-state index in [-0.39, 0.29) is 11.9 Å². The molecule has 3 atom stereocenters. The van der Waals surface area contributed by atoms with Crippen molar-refractivity contribution in [3.05, 3.63) is 42.2 Å². The van der Waals surface area contributed by atoms with Crippen LogP contribution in [0.3, 0.4) is 0 Å². The predicted octanol–water partition coefficient (Wildman–Crippen LogP) is 0.694. The highest BCUT2D eigenvalue weighted by molar-refractivity contribution is 5.88. The van der Waals surface area contributed by atoms with Gasteiger partial charge in [-0.25, -0.2) is 4.79 Å². The van der Waals surface area contributed by atoms with Crippen LogP contribution in [-0.4, -0.2) is 79.0 Å². The average Bonchev–Trinajstić information content (AvgIpc) is 3.49. The molecule has 1 aromatic carbocycles. The number of rotatable bonds is 14. The van der Waals surface area contributed by atoms with Crippen molar-refractivity contribution in [2.75, 3.05) is 24.2 Å². The molecule has 1 amide bonds. The zero-order chi connectivity index (χ0) is 25.2. The summed E-state index contributed by atoms with van der Waals surface area (Å²) in [5.41, 5.74) is 9.51. The SMILES string of the molecule is Nc1ncn(NCCCC[C@H](N[C@@H](CCc2ccccc2)C(=O)O)C(=O)N2CCC[C@H]2C(=O)O)n1. The molecule has 12 heteroatoms. The van der Waals surface area contributed by atoms with Crippen LogP contribution in [0.1, 0.15) is 44.1 Å². The van der Waals surface area contributed by atoms with Gasteiger partial charge in [-0.15, -0.1) is 5.10 Å². The lowest BCUT2D eigenvalue weighted by atomic mass is 10.0. The average molecular weight is 488 g/mol. The summed E-state index contributed by atoms with van der Waals surface area (Å²) in [4.78, 5) is 43.5. The second-order valence-corrected chi connectivity index (χ2v) is 8.61. The van der Waals surface area contributed by atoms with E-state index in [1.54, 1.807) is 0 Å². The number of nitrogen functional groups attached to an aromatic ring is 1. The molecule has 0 radical (unpaired) electrons. The highest BCUT2D eigenvalue weighted by Crippen LogP contribution is 2.20. The first-order chi connectivity index (χ1) is 16.8. The lowest BCUT2D eigenvalue weighted by molar-refractivity contribution is -0.149. The Balaban J connectivity index is 1.62. The van der Waals surface area contributed by atoms with Gasteiger partial charge >= 0.3 is 11.9 Å². The van der Waals surface area contributed by atoms with Gasteiger partial charge in [-0.3, -0.25) is 14.9 Å². The summed E-state index contributed by atoms with van der Waals surface area (Å²) < 4.78 is 0. The quantitative estimate of drug-likeness (QED) is 0.238. The minimum atomic E-state index is -1.04. The van der Waals surface area contributed by atoms with E-state index in [2.05, 4.69) is 20.8 Å². The molecule has 6 N–H and O–H groups in total. The maximum Gasteiger partial charge on any atom is 0.326 e. The number of carboxylic acid groups (broad SMARTS) is 2. The Morgan fingerprint density at radius 3 is 2.54 bits per heavy atom. The third kappa shape index (κ3) is 7.67. The zero-order valence-electron chi connectivity index (χ0n) is 19.5. The third-order valence-electron chi connectivity index (χ3n) is 6.09. The van der Waals surface area contributed by atoms with Crippen LogP contribution in [0.15, 0.2) is 36.7 Å². The number of aryl methyl sites for hydroxylation is 1. The summed E-state index contributed by atoms with van der Waals surface area (Å²) >= 11 is 0. The van der Waals surface area contributed by atoms with Gasteiger partial charge in [-0.1, -0.05) is 30.3 Å². The molecule has 2 aromatic rings. The Morgan fingerprint density at radius 2 is 1.89 bits per heavy atom. The predicted molar refractivity (Wildman–Crippen MR) is 128 cm³/mol. The van der Waals surface area contributed by atoms with Crippen LogP contribution < -0.4 is 16.5 Å². The largest absolute Gasteiger partial charge is 0.480 e. The van der Waals surface area contributed by atoms with Crippen LogP contribution in [0.2, 0.25) is 0 Å². The summed E-state index contributed by atoms with van der Waals surface area (Å²) in [6.45, 7) is 0.895. The third-order valence-corrected chi connectivity index (χ3v) is 6.09. The summed E-state index contributed by atoms with van der Waals surface area (Å²) in [6, 6.07) is 6.93. The van der Waals surface area contributed by atoms with Crippen LogP contribution in [-0.2, 0) is 20.8 Å². The number of benzene rings is 1. The lowest BCUT2D eigenvalue weighted by Crippen LogP contribution is -2.54. The Bertz CT molecular complexity index is 984. The molecule has 35 heavy (non-hydrogen) atoms. The number of nitrogens with zero attached hydrogens (tertiary/aromatic N) is 4.